The Balaban J connectivity index is 1.36. The summed E-state index contributed by atoms with van der Waals surface area (Å²) in [5, 5.41) is 2.98. The van der Waals surface area contributed by atoms with E-state index in [1.807, 2.05) is 29.2 Å². The number of piperidine rings is 1. The van der Waals surface area contributed by atoms with Gasteiger partial charge in [-0.25, -0.2) is 0 Å². The second-order valence-corrected chi connectivity index (χ2v) is 9.22. The highest BCUT2D eigenvalue weighted by molar-refractivity contribution is 6.00. The van der Waals surface area contributed by atoms with Crippen LogP contribution in [-0.2, 0) is 16.1 Å². The number of benzene rings is 2. The highest BCUT2D eigenvalue weighted by Gasteiger charge is 2.47. The normalized spacial score (nSPS) is 18.8. The zero-order valence-electron chi connectivity index (χ0n) is 19.3. The molecular weight excluding hydrogens is 434 g/mol. The lowest BCUT2D eigenvalue weighted by atomic mass is 9.82. The number of carbonyl (C=O) groups is 3. The minimum Gasteiger partial charge on any atom is -0.490 e. The number of amides is 3. The van der Waals surface area contributed by atoms with Crippen LogP contribution >= 0.6 is 0 Å². The second kappa shape index (κ2) is 9.00. The topological polar surface area (TPSA) is 88.2 Å². The Kier molecular flexibility index (Phi) is 5.89. The van der Waals surface area contributed by atoms with Crippen LogP contribution in [0.5, 0.6) is 11.5 Å². The minimum atomic E-state index is -0.655. The number of hydrogen-bond donors (Lipinski definition) is 1. The van der Waals surface area contributed by atoms with Gasteiger partial charge in [0, 0.05) is 50.3 Å². The van der Waals surface area contributed by atoms with Crippen LogP contribution in [0.1, 0.15) is 48.5 Å². The lowest BCUT2D eigenvalue weighted by molar-refractivity contribution is -0.131. The van der Waals surface area contributed by atoms with E-state index < -0.39 is 5.54 Å². The smallest absolute Gasteiger partial charge is 0.254 e. The van der Waals surface area contributed by atoms with E-state index >= 15 is 0 Å². The van der Waals surface area contributed by atoms with Gasteiger partial charge < -0.3 is 24.6 Å². The van der Waals surface area contributed by atoms with Crippen LogP contribution < -0.4 is 14.8 Å². The molecule has 3 aliphatic heterocycles. The molecule has 34 heavy (non-hydrogen) atoms. The molecule has 3 aliphatic rings. The fourth-order valence-electron chi connectivity index (χ4n) is 5.16. The molecule has 3 amide bonds. The van der Waals surface area contributed by atoms with Gasteiger partial charge in [0.15, 0.2) is 11.5 Å². The first kappa shape index (κ1) is 22.3. The Labute approximate surface area is 198 Å². The lowest BCUT2D eigenvalue weighted by Gasteiger charge is -2.47. The van der Waals surface area contributed by atoms with Crippen molar-refractivity contribution in [3.63, 3.8) is 0 Å². The van der Waals surface area contributed by atoms with E-state index in [9.17, 15) is 14.4 Å². The van der Waals surface area contributed by atoms with Gasteiger partial charge >= 0.3 is 0 Å². The Morgan fingerprint density at radius 2 is 1.76 bits per heavy atom. The maximum absolute atomic E-state index is 13.3. The molecule has 2 aromatic carbocycles. The van der Waals surface area contributed by atoms with Crippen molar-refractivity contribution in [3.8, 4) is 11.5 Å². The van der Waals surface area contributed by atoms with Gasteiger partial charge in [-0.15, -0.1) is 0 Å². The van der Waals surface area contributed by atoms with Gasteiger partial charge in [0.2, 0.25) is 11.8 Å². The molecule has 0 unspecified atom stereocenters. The molecule has 3 heterocycles. The van der Waals surface area contributed by atoms with Crippen molar-refractivity contribution in [1.82, 2.24) is 9.80 Å². The van der Waals surface area contributed by atoms with E-state index in [0.29, 0.717) is 68.4 Å². The molecule has 2 aromatic rings. The van der Waals surface area contributed by atoms with Crippen molar-refractivity contribution >= 4 is 23.4 Å². The van der Waals surface area contributed by atoms with Crippen molar-refractivity contribution in [2.45, 2.75) is 44.7 Å². The quantitative estimate of drug-likeness (QED) is 0.752. The molecule has 178 valence electrons. The minimum absolute atomic E-state index is 0.0151. The molecule has 0 bridgehead atoms. The van der Waals surface area contributed by atoms with Crippen molar-refractivity contribution in [1.29, 1.82) is 0 Å². The molecule has 1 saturated heterocycles. The Morgan fingerprint density at radius 3 is 2.50 bits per heavy atom. The highest BCUT2D eigenvalue weighted by atomic mass is 16.5. The molecule has 0 saturated carbocycles. The van der Waals surface area contributed by atoms with Crippen molar-refractivity contribution in [2.75, 3.05) is 31.6 Å². The molecule has 1 fully saturated rings. The van der Waals surface area contributed by atoms with Crippen LogP contribution in [0, 0.1) is 0 Å². The molecule has 8 nitrogen and oxygen atoms in total. The van der Waals surface area contributed by atoms with Crippen LogP contribution in [-0.4, -0.2) is 59.4 Å². The summed E-state index contributed by atoms with van der Waals surface area (Å²) in [4.78, 5) is 42.2. The van der Waals surface area contributed by atoms with Gasteiger partial charge in [0.25, 0.3) is 5.91 Å². The number of likely N-dealkylation sites (tertiary alicyclic amines) is 1. The number of rotatable bonds is 4. The maximum atomic E-state index is 13.3. The molecular formula is C26H29N3O5. The first-order valence-corrected chi connectivity index (χ1v) is 11.8. The van der Waals surface area contributed by atoms with Crippen molar-refractivity contribution in [2.24, 2.45) is 0 Å². The van der Waals surface area contributed by atoms with Crippen LogP contribution in [0.15, 0.2) is 42.5 Å². The predicted molar refractivity (Wildman–Crippen MR) is 126 cm³/mol. The van der Waals surface area contributed by atoms with Gasteiger partial charge in [0.05, 0.1) is 25.2 Å². The summed E-state index contributed by atoms with van der Waals surface area (Å²) in [6.07, 6.45) is 2.08. The van der Waals surface area contributed by atoms with Crippen LogP contribution in [0.4, 0.5) is 5.69 Å². The first-order valence-electron chi connectivity index (χ1n) is 11.8. The maximum Gasteiger partial charge on any atom is 0.254 e. The van der Waals surface area contributed by atoms with Gasteiger partial charge in [-0.05, 0) is 36.6 Å². The van der Waals surface area contributed by atoms with Crippen LogP contribution in [0.3, 0.4) is 0 Å². The predicted octanol–water partition coefficient (Wildman–Crippen LogP) is 3.21. The highest BCUT2D eigenvalue weighted by Crippen LogP contribution is 2.39. The zero-order chi connectivity index (χ0) is 23.7. The third-order valence-corrected chi connectivity index (χ3v) is 7.05. The van der Waals surface area contributed by atoms with Crippen LogP contribution in [0.2, 0.25) is 0 Å². The SMILES string of the molecule is CC(=O)N1CCC(CC(=O)Nc2ccc3c(c2)OCCCO3)(N2Cc3ccccc3C2=O)CC1. The second-order valence-electron chi connectivity index (χ2n) is 9.22. The number of hydrogen-bond acceptors (Lipinski definition) is 5. The fraction of sp³-hybridized carbons (Fsp3) is 0.423. The van der Waals surface area contributed by atoms with Gasteiger partial charge in [-0.1, -0.05) is 18.2 Å². The molecule has 0 radical (unpaired) electrons. The summed E-state index contributed by atoms with van der Waals surface area (Å²) in [7, 11) is 0. The van der Waals surface area contributed by atoms with Crippen molar-refractivity contribution < 1.29 is 23.9 Å². The summed E-state index contributed by atoms with van der Waals surface area (Å²) in [5.74, 6) is 1.08. The van der Waals surface area contributed by atoms with E-state index in [1.165, 1.54) is 0 Å². The fourth-order valence-corrected chi connectivity index (χ4v) is 5.16. The molecule has 0 atom stereocenters. The molecule has 0 spiro atoms. The Bertz CT molecular complexity index is 1120. The van der Waals surface area contributed by atoms with E-state index in [0.717, 1.165) is 12.0 Å². The van der Waals surface area contributed by atoms with Crippen LogP contribution in [0.25, 0.3) is 0 Å². The monoisotopic (exact) mass is 463 g/mol. The summed E-state index contributed by atoms with van der Waals surface area (Å²) >= 11 is 0. The van der Waals surface area contributed by atoms with E-state index in [2.05, 4.69) is 5.32 Å². The largest absolute Gasteiger partial charge is 0.490 e. The Hall–Kier alpha value is -3.55. The third kappa shape index (κ3) is 4.20. The van der Waals surface area contributed by atoms with E-state index in [1.54, 1.807) is 30.0 Å². The average Bonchev–Trinajstić information content (AvgIpc) is 3.00. The number of nitrogens with zero attached hydrogens (tertiary/aromatic N) is 2. The lowest BCUT2D eigenvalue weighted by Crippen LogP contribution is -2.57. The number of nitrogens with one attached hydrogen (secondary N) is 1. The standard InChI is InChI=1S/C26H29N3O5/c1-18(30)28-11-9-26(10-12-28,29-17-19-5-2-3-6-21(19)25(29)32)16-24(31)27-20-7-8-22-23(15-20)34-14-4-13-33-22/h2-3,5-8,15H,4,9-14,16-17H2,1H3,(H,27,31). The van der Waals surface area contributed by atoms with E-state index in [-0.39, 0.29) is 24.1 Å². The Morgan fingerprint density at radius 1 is 1.03 bits per heavy atom. The van der Waals surface area contributed by atoms with Crippen molar-refractivity contribution in [3.05, 3.63) is 53.6 Å². The molecule has 0 aliphatic carbocycles. The summed E-state index contributed by atoms with van der Waals surface area (Å²) in [5.41, 5.74) is 1.64. The number of ether oxygens (including phenoxy) is 2. The van der Waals surface area contributed by atoms with Gasteiger partial charge in [0.1, 0.15) is 0 Å². The molecule has 0 aromatic heterocycles. The first-order chi connectivity index (χ1) is 16.4. The van der Waals surface area contributed by atoms with Gasteiger partial charge in [-0.3, -0.25) is 14.4 Å². The number of anilines is 1. The summed E-state index contributed by atoms with van der Waals surface area (Å²) < 4.78 is 11.4. The summed E-state index contributed by atoms with van der Waals surface area (Å²) in [6, 6.07) is 13.0. The van der Waals surface area contributed by atoms with Gasteiger partial charge in [-0.2, -0.15) is 0 Å². The average molecular weight is 464 g/mol. The molecule has 5 rings (SSSR count). The molecule has 8 heteroatoms. The van der Waals surface area contributed by atoms with E-state index in [4.69, 9.17) is 9.47 Å². The molecule has 1 N–H and O–H groups in total. The third-order valence-electron chi connectivity index (χ3n) is 7.05. The zero-order valence-corrected chi connectivity index (χ0v) is 19.3. The number of fused-ring (bicyclic) bond motifs is 2. The number of carbonyl (C=O) groups excluding carboxylic acids is 3. The summed E-state index contributed by atoms with van der Waals surface area (Å²) in [6.45, 7) is 4.25.